The van der Waals surface area contributed by atoms with E-state index in [-0.39, 0.29) is 11.9 Å². The molecule has 1 fully saturated rings. The highest BCUT2D eigenvalue weighted by Gasteiger charge is 2.29. The van der Waals surface area contributed by atoms with Crippen LogP contribution < -0.4 is 9.64 Å². The normalized spacial score (nSPS) is 16.9. The molecule has 144 valence electrons. The Morgan fingerprint density at radius 2 is 1.86 bits per heavy atom. The van der Waals surface area contributed by atoms with Crippen molar-refractivity contribution in [1.82, 2.24) is 15.1 Å². The Hall–Kier alpha value is -3.28. The highest BCUT2D eigenvalue weighted by atomic mass is 16.5. The minimum atomic E-state index is -0.00697. The number of hydrogen-bond acceptors (Lipinski definition) is 4. The van der Waals surface area contributed by atoms with E-state index in [2.05, 4.69) is 34.2 Å². The topological polar surface area (TPSA) is 61.5 Å². The summed E-state index contributed by atoms with van der Waals surface area (Å²) in [4.78, 5) is 17.3. The van der Waals surface area contributed by atoms with Crippen molar-refractivity contribution in [3.8, 4) is 17.0 Å². The van der Waals surface area contributed by atoms with Gasteiger partial charge in [-0.25, -0.2) is 0 Å². The van der Waals surface area contributed by atoms with Gasteiger partial charge in [-0.1, -0.05) is 18.2 Å². The molecule has 1 saturated heterocycles. The second-order valence-electron chi connectivity index (χ2n) is 7.02. The van der Waals surface area contributed by atoms with Gasteiger partial charge in [-0.2, -0.15) is 5.10 Å². The zero-order valence-electron chi connectivity index (χ0n) is 16.1. The molecule has 1 N–H and O–H groups in total. The lowest BCUT2D eigenvalue weighted by atomic mass is 10.1. The van der Waals surface area contributed by atoms with E-state index >= 15 is 0 Å². The number of piperazine rings is 1. The summed E-state index contributed by atoms with van der Waals surface area (Å²) in [5, 5.41) is 7.23. The van der Waals surface area contributed by atoms with Crippen molar-refractivity contribution in [2.45, 2.75) is 13.0 Å². The minimum Gasteiger partial charge on any atom is -0.497 e. The maximum atomic E-state index is 13.0. The summed E-state index contributed by atoms with van der Waals surface area (Å²) in [5.74, 6) is 0.785. The summed E-state index contributed by atoms with van der Waals surface area (Å²) in [6.45, 7) is 4.41. The summed E-state index contributed by atoms with van der Waals surface area (Å²) in [6, 6.07) is 19.9. The van der Waals surface area contributed by atoms with Crippen molar-refractivity contribution in [3.05, 3.63) is 66.4 Å². The number of H-pyrrole nitrogens is 1. The lowest BCUT2D eigenvalue weighted by molar-refractivity contribution is 0.0668. The first-order valence-corrected chi connectivity index (χ1v) is 9.46. The van der Waals surface area contributed by atoms with E-state index in [0.717, 1.165) is 30.1 Å². The van der Waals surface area contributed by atoms with Gasteiger partial charge in [0.2, 0.25) is 0 Å². The molecular weight excluding hydrogens is 352 g/mol. The first-order valence-electron chi connectivity index (χ1n) is 9.46. The molecule has 0 spiro atoms. The number of amides is 1. The second-order valence-corrected chi connectivity index (χ2v) is 7.02. The number of hydrogen-bond donors (Lipinski definition) is 1. The molecule has 6 heteroatoms. The van der Waals surface area contributed by atoms with Crippen LogP contribution in [-0.4, -0.2) is 53.8 Å². The SMILES string of the molecule is COc1ccc(-c2cc(C(=O)N3CCN(c4ccccc4)C[C@H]3C)[nH]n2)cc1. The Bertz CT molecular complexity index is 937. The van der Waals surface area contributed by atoms with Gasteiger partial charge in [0, 0.05) is 36.9 Å². The number of nitrogens with zero attached hydrogens (tertiary/aromatic N) is 3. The van der Waals surface area contributed by atoms with Crippen molar-refractivity contribution < 1.29 is 9.53 Å². The lowest BCUT2D eigenvalue weighted by Gasteiger charge is -2.40. The number of benzene rings is 2. The average Bonchev–Trinajstić information content (AvgIpc) is 3.24. The van der Waals surface area contributed by atoms with Gasteiger partial charge < -0.3 is 14.5 Å². The van der Waals surface area contributed by atoms with Crippen LogP contribution in [0.1, 0.15) is 17.4 Å². The third-order valence-corrected chi connectivity index (χ3v) is 5.20. The van der Waals surface area contributed by atoms with Gasteiger partial charge in [0.05, 0.1) is 12.8 Å². The maximum absolute atomic E-state index is 13.0. The molecule has 1 aromatic heterocycles. The summed E-state index contributed by atoms with van der Waals surface area (Å²) < 4.78 is 5.19. The fraction of sp³-hybridized carbons (Fsp3) is 0.273. The van der Waals surface area contributed by atoms with Crippen molar-refractivity contribution in [3.63, 3.8) is 0 Å². The minimum absolute atomic E-state index is 0.00697. The first kappa shape index (κ1) is 18.1. The Balaban J connectivity index is 1.45. The Morgan fingerprint density at radius 1 is 1.11 bits per heavy atom. The van der Waals surface area contributed by atoms with Crippen molar-refractivity contribution in [2.24, 2.45) is 0 Å². The molecule has 2 aromatic carbocycles. The molecule has 0 bridgehead atoms. The van der Waals surface area contributed by atoms with Gasteiger partial charge >= 0.3 is 0 Å². The molecule has 1 aliphatic rings. The van der Waals surface area contributed by atoms with Crippen LogP contribution in [0, 0.1) is 0 Å². The monoisotopic (exact) mass is 376 g/mol. The van der Waals surface area contributed by atoms with Gasteiger partial charge in [0.25, 0.3) is 5.91 Å². The fourth-order valence-electron chi connectivity index (χ4n) is 3.63. The quantitative estimate of drug-likeness (QED) is 0.758. The number of ether oxygens (including phenoxy) is 1. The molecule has 2 heterocycles. The van der Waals surface area contributed by atoms with E-state index in [9.17, 15) is 4.79 Å². The van der Waals surface area contributed by atoms with E-state index in [1.54, 1.807) is 7.11 Å². The number of aromatic amines is 1. The number of nitrogens with one attached hydrogen (secondary N) is 1. The molecule has 0 aliphatic carbocycles. The summed E-state index contributed by atoms with van der Waals surface area (Å²) >= 11 is 0. The smallest absolute Gasteiger partial charge is 0.272 e. The van der Waals surface area contributed by atoms with E-state index in [4.69, 9.17) is 4.74 Å². The number of anilines is 1. The van der Waals surface area contributed by atoms with E-state index < -0.39 is 0 Å². The zero-order chi connectivity index (χ0) is 19.5. The van der Waals surface area contributed by atoms with Crippen LogP contribution in [-0.2, 0) is 0 Å². The largest absolute Gasteiger partial charge is 0.497 e. The number of methoxy groups -OCH3 is 1. The van der Waals surface area contributed by atoms with Crippen molar-refractivity contribution in [1.29, 1.82) is 0 Å². The van der Waals surface area contributed by atoms with E-state index in [1.165, 1.54) is 5.69 Å². The molecule has 1 aliphatic heterocycles. The number of carbonyl (C=O) groups is 1. The molecular formula is C22H24N4O2. The van der Waals surface area contributed by atoms with Crippen LogP contribution in [0.2, 0.25) is 0 Å². The lowest BCUT2D eigenvalue weighted by Crippen LogP contribution is -2.54. The molecule has 1 atom stereocenters. The second kappa shape index (κ2) is 7.76. The Morgan fingerprint density at radius 3 is 2.54 bits per heavy atom. The van der Waals surface area contributed by atoms with Crippen molar-refractivity contribution in [2.75, 3.05) is 31.6 Å². The number of carbonyl (C=O) groups excluding carboxylic acids is 1. The molecule has 4 rings (SSSR count). The molecule has 6 nitrogen and oxygen atoms in total. The van der Waals surface area contributed by atoms with Gasteiger partial charge in [0.15, 0.2) is 0 Å². The predicted molar refractivity (Wildman–Crippen MR) is 110 cm³/mol. The van der Waals surface area contributed by atoms with Gasteiger partial charge in [-0.15, -0.1) is 0 Å². The zero-order valence-corrected chi connectivity index (χ0v) is 16.1. The van der Waals surface area contributed by atoms with Crippen LogP contribution in [0.15, 0.2) is 60.7 Å². The highest BCUT2D eigenvalue weighted by Crippen LogP contribution is 2.23. The summed E-state index contributed by atoms with van der Waals surface area (Å²) in [7, 11) is 1.64. The maximum Gasteiger partial charge on any atom is 0.272 e. The van der Waals surface area contributed by atoms with Crippen LogP contribution >= 0.6 is 0 Å². The molecule has 0 saturated carbocycles. The van der Waals surface area contributed by atoms with Crippen molar-refractivity contribution >= 4 is 11.6 Å². The molecule has 28 heavy (non-hydrogen) atoms. The number of para-hydroxylation sites is 1. The van der Waals surface area contributed by atoms with Gasteiger partial charge in [0.1, 0.15) is 11.4 Å². The standard InChI is InChI=1S/C22H24N4O2/c1-16-15-25(18-6-4-3-5-7-18)12-13-26(16)22(27)21-14-20(23-24-21)17-8-10-19(28-2)11-9-17/h3-11,14,16H,12-13,15H2,1-2H3,(H,23,24)/t16-/m1/s1. The first-order chi connectivity index (χ1) is 13.7. The molecule has 1 amide bonds. The molecule has 0 unspecified atom stereocenters. The Kier molecular flexibility index (Phi) is 5.02. The fourth-order valence-corrected chi connectivity index (χ4v) is 3.63. The van der Waals surface area contributed by atoms with Crippen LogP contribution in [0.25, 0.3) is 11.3 Å². The average molecular weight is 376 g/mol. The summed E-state index contributed by atoms with van der Waals surface area (Å²) in [6.07, 6.45) is 0. The van der Waals surface area contributed by atoms with Crippen LogP contribution in [0.5, 0.6) is 5.75 Å². The number of rotatable bonds is 4. The van der Waals surface area contributed by atoms with E-state index in [0.29, 0.717) is 12.2 Å². The Labute approximate surface area is 164 Å². The van der Waals surface area contributed by atoms with E-state index in [1.807, 2.05) is 53.4 Å². The third-order valence-electron chi connectivity index (χ3n) is 5.20. The van der Waals surface area contributed by atoms with Crippen LogP contribution in [0.3, 0.4) is 0 Å². The highest BCUT2D eigenvalue weighted by molar-refractivity contribution is 5.93. The van der Waals surface area contributed by atoms with Gasteiger partial charge in [-0.3, -0.25) is 9.89 Å². The molecule has 0 radical (unpaired) electrons. The summed E-state index contributed by atoms with van der Waals surface area (Å²) in [5.41, 5.74) is 3.41. The predicted octanol–water partition coefficient (Wildman–Crippen LogP) is 3.44. The third kappa shape index (κ3) is 3.58. The van der Waals surface area contributed by atoms with Crippen LogP contribution in [0.4, 0.5) is 5.69 Å². The van der Waals surface area contributed by atoms with Gasteiger partial charge in [-0.05, 0) is 49.4 Å². The molecule has 3 aromatic rings. The number of aromatic nitrogens is 2.